The SMILES string of the molecule is CNC(=O)c1cccc(NC(=O)c2ccc3ccccc3n2)c1. The Labute approximate surface area is 133 Å². The first-order chi connectivity index (χ1) is 11.2. The van der Waals surface area contributed by atoms with Crippen LogP contribution in [0.2, 0.25) is 0 Å². The zero-order chi connectivity index (χ0) is 16.2. The molecule has 0 saturated carbocycles. The van der Waals surface area contributed by atoms with Gasteiger partial charge in [-0.15, -0.1) is 0 Å². The summed E-state index contributed by atoms with van der Waals surface area (Å²) in [5, 5.41) is 6.29. The van der Waals surface area contributed by atoms with Crippen LogP contribution in [-0.4, -0.2) is 23.8 Å². The van der Waals surface area contributed by atoms with Crippen LogP contribution >= 0.6 is 0 Å². The number of fused-ring (bicyclic) bond motifs is 1. The van der Waals surface area contributed by atoms with E-state index in [-0.39, 0.29) is 11.8 Å². The molecule has 0 aliphatic carbocycles. The monoisotopic (exact) mass is 305 g/mol. The molecule has 2 amide bonds. The topological polar surface area (TPSA) is 71.1 Å². The van der Waals surface area contributed by atoms with Crippen molar-refractivity contribution in [1.82, 2.24) is 10.3 Å². The molecule has 0 fully saturated rings. The van der Waals surface area contributed by atoms with Crippen molar-refractivity contribution in [2.24, 2.45) is 0 Å². The molecule has 0 bridgehead atoms. The number of para-hydroxylation sites is 1. The van der Waals surface area contributed by atoms with E-state index in [0.29, 0.717) is 16.9 Å². The molecule has 0 atom stereocenters. The van der Waals surface area contributed by atoms with Gasteiger partial charge in [-0.25, -0.2) is 4.98 Å². The Morgan fingerprint density at radius 3 is 2.57 bits per heavy atom. The Morgan fingerprint density at radius 2 is 1.74 bits per heavy atom. The maximum atomic E-state index is 12.3. The van der Waals surface area contributed by atoms with Crippen LogP contribution in [0.15, 0.2) is 60.7 Å². The van der Waals surface area contributed by atoms with Gasteiger partial charge < -0.3 is 10.6 Å². The van der Waals surface area contributed by atoms with Gasteiger partial charge in [0.1, 0.15) is 5.69 Å². The number of nitrogens with one attached hydrogen (secondary N) is 2. The highest BCUT2D eigenvalue weighted by atomic mass is 16.2. The van der Waals surface area contributed by atoms with Crippen molar-refractivity contribution in [3.63, 3.8) is 0 Å². The molecule has 3 aromatic rings. The number of amides is 2. The van der Waals surface area contributed by atoms with Crippen molar-refractivity contribution in [1.29, 1.82) is 0 Å². The van der Waals surface area contributed by atoms with Gasteiger partial charge in [-0.2, -0.15) is 0 Å². The van der Waals surface area contributed by atoms with E-state index in [1.165, 1.54) is 0 Å². The lowest BCUT2D eigenvalue weighted by Crippen LogP contribution is -2.18. The van der Waals surface area contributed by atoms with Crippen molar-refractivity contribution < 1.29 is 9.59 Å². The van der Waals surface area contributed by atoms with Gasteiger partial charge >= 0.3 is 0 Å². The summed E-state index contributed by atoms with van der Waals surface area (Å²) in [6.07, 6.45) is 0. The smallest absolute Gasteiger partial charge is 0.274 e. The van der Waals surface area contributed by atoms with Crippen LogP contribution in [0, 0.1) is 0 Å². The number of hydrogen-bond acceptors (Lipinski definition) is 3. The average molecular weight is 305 g/mol. The lowest BCUT2D eigenvalue weighted by molar-refractivity contribution is 0.0961. The van der Waals surface area contributed by atoms with E-state index in [9.17, 15) is 9.59 Å². The van der Waals surface area contributed by atoms with Gasteiger partial charge in [0.25, 0.3) is 11.8 Å². The molecule has 2 N–H and O–H groups in total. The summed E-state index contributed by atoms with van der Waals surface area (Å²) in [5.41, 5.74) is 2.12. The Bertz CT molecular complexity index is 890. The first-order valence-electron chi connectivity index (χ1n) is 7.16. The molecule has 2 aromatic carbocycles. The second-order valence-electron chi connectivity index (χ2n) is 5.00. The minimum Gasteiger partial charge on any atom is -0.355 e. The molecule has 0 aliphatic heterocycles. The number of hydrogen-bond donors (Lipinski definition) is 2. The molecule has 0 radical (unpaired) electrons. The third kappa shape index (κ3) is 3.18. The quantitative estimate of drug-likeness (QED) is 0.781. The third-order valence-electron chi connectivity index (χ3n) is 3.44. The highest BCUT2D eigenvalue weighted by molar-refractivity contribution is 6.04. The van der Waals surface area contributed by atoms with Crippen LogP contribution in [-0.2, 0) is 0 Å². The number of pyridine rings is 1. The van der Waals surface area contributed by atoms with E-state index in [2.05, 4.69) is 15.6 Å². The average Bonchev–Trinajstić information content (AvgIpc) is 2.60. The van der Waals surface area contributed by atoms with E-state index in [4.69, 9.17) is 0 Å². The number of benzene rings is 2. The van der Waals surface area contributed by atoms with E-state index in [1.54, 1.807) is 37.4 Å². The molecular weight excluding hydrogens is 290 g/mol. The Morgan fingerprint density at radius 1 is 0.913 bits per heavy atom. The summed E-state index contributed by atoms with van der Waals surface area (Å²) < 4.78 is 0. The number of nitrogens with zero attached hydrogens (tertiary/aromatic N) is 1. The fourth-order valence-electron chi connectivity index (χ4n) is 2.27. The standard InChI is InChI=1S/C18H15N3O2/c1-19-17(22)13-6-4-7-14(11-13)20-18(23)16-10-9-12-5-2-3-8-15(12)21-16/h2-11H,1H3,(H,19,22)(H,20,23). The summed E-state index contributed by atoms with van der Waals surface area (Å²) in [7, 11) is 1.56. The van der Waals surface area contributed by atoms with Gasteiger partial charge in [-0.1, -0.05) is 30.3 Å². The predicted molar refractivity (Wildman–Crippen MR) is 89.5 cm³/mol. The van der Waals surface area contributed by atoms with Crippen LogP contribution in [0.25, 0.3) is 10.9 Å². The van der Waals surface area contributed by atoms with Crippen LogP contribution in [0.1, 0.15) is 20.8 Å². The van der Waals surface area contributed by atoms with Crippen molar-refractivity contribution in [3.8, 4) is 0 Å². The second-order valence-corrected chi connectivity index (χ2v) is 5.00. The van der Waals surface area contributed by atoms with Crippen molar-refractivity contribution in [2.75, 3.05) is 12.4 Å². The number of aromatic nitrogens is 1. The summed E-state index contributed by atoms with van der Waals surface area (Å²) in [6, 6.07) is 17.9. The van der Waals surface area contributed by atoms with Crippen LogP contribution in [0.3, 0.4) is 0 Å². The number of carbonyl (C=O) groups is 2. The summed E-state index contributed by atoms with van der Waals surface area (Å²) in [4.78, 5) is 28.3. The maximum absolute atomic E-state index is 12.3. The highest BCUT2D eigenvalue weighted by Gasteiger charge is 2.10. The Balaban J connectivity index is 1.84. The van der Waals surface area contributed by atoms with E-state index in [1.807, 2.05) is 30.3 Å². The molecule has 0 saturated heterocycles. The molecule has 114 valence electrons. The molecule has 0 spiro atoms. The van der Waals surface area contributed by atoms with E-state index >= 15 is 0 Å². The number of rotatable bonds is 3. The predicted octanol–water partition coefficient (Wildman–Crippen LogP) is 2.85. The van der Waals surface area contributed by atoms with Crippen molar-refractivity contribution in [3.05, 3.63) is 71.9 Å². The summed E-state index contributed by atoms with van der Waals surface area (Å²) in [5.74, 6) is -0.519. The molecule has 5 heteroatoms. The Kier molecular flexibility index (Phi) is 4.01. The first-order valence-corrected chi connectivity index (χ1v) is 7.16. The molecule has 1 aromatic heterocycles. The van der Waals surface area contributed by atoms with Gasteiger partial charge in [0.15, 0.2) is 0 Å². The van der Waals surface area contributed by atoms with Gasteiger partial charge in [0, 0.05) is 23.7 Å². The molecule has 5 nitrogen and oxygen atoms in total. The third-order valence-corrected chi connectivity index (χ3v) is 3.44. The van der Waals surface area contributed by atoms with Gasteiger partial charge in [0.05, 0.1) is 5.52 Å². The van der Waals surface area contributed by atoms with Gasteiger partial charge in [-0.3, -0.25) is 9.59 Å². The van der Waals surface area contributed by atoms with Gasteiger partial charge in [0.2, 0.25) is 0 Å². The van der Waals surface area contributed by atoms with Crippen LogP contribution in [0.4, 0.5) is 5.69 Å². The van der Waals surface area contributed by atoms with Crippen molar-refractivity contribution >= 4 is 28.4 Å². The van der Waals surface area contributed by atoms with Crippen molar-refractivity contribution in [2.45, 2.75) is 0 Å². The summed E-state index contributed by atoms with van der Waals surface area (Å²) in [6.45, 7) is 0. The lowest BCUT2D eigenvalue weighted by atomic mass is 10.1. The summed E-state index contributed by atoms with van der Waals surface area (Å²) >= 11 is 0. The molecule has 3 rings (SSSR count). The minimum absolute atomic E-state index is 0.204. The molecule has 0 unspecified atom stereocenters. The first kappa shape index (κ1) is 14.7. The fourth-order valence-corrected chi connectivity index (χ4v) is 2.27. The Hall–Kier alpha value is -3.21. The van der Waals surface area contributed by atoms with Crippen LogP contribution in [0.5, 0.6) is 0 Å². The normalized spacial score (nSPS) is 10.3. The van der Waals surface area contributed by atoms with Crippen LogP contribution < -0.4 is 10.6 Å². The highest BCUT2D eigenvalue weighted by Crippen LogP contribution is 2.15. The molecule has 0 aliphatic rings. The zero-order valence-corrected chi connectivity index (χ0v) is 12.5. The van der Waals surface area contributed by atoms with E-state index < -0.39 is 0 Å². The van der Waals surface area contributed by atoms with Gasteiger partial charge in [-0.05, 0) is 30.3 Å². The molecule has 23 heavy (non-hydrogen) atoms. The largest absolute Gasteiger partial charge is 0.355 e. The number of anilines is 1. The minimum atomic E-state index is -0.315. The number of carbonyl (C=O) groups excluding carboxylic acids is 2. The lowest BCUT2D eigenvalue weighted by Gasteiger charge is -2.07. The molecular formula is C18H15N3O2. The molecule has 1 heterocycles. The maximum Gasteiger partial charge on any atom is 0.274 e. The zero-order valence-electron chi connectivity index (χ0n) is 12.5. The van der Waals surface area contributed by atoms with E-state index in [0.717, 1.165) is 10.9 Å². The second kappa shape index (κ2) is 6.27. The fraction of sp³-hybridized carbons (Fsp3) is 0.0556.